The van der Waals surface area contributed by atoms with Crippen LogP contribution in [0.2, 0.25) is 0 Å². The third-order valence-corrected chi connectivity index (χ3v) is 2.70. The number of phenols is 1. The third-order valence-electron chi connectivity index (χ3n) is 2.70. The first-order chi connectivity index (χ1) is 9.95. The molecule has 0 unspecified atom stereocenters. The Hall–Kier alpha value is -2.83. The molecule has 2 aromatic carbocycles. The lowest BCUT2D eigenvalue weighted by molar-refractivity contribution is 0.259. The Kier molecular flexibility index (Phi) is 4.22. The van der Waals surface area contributed by atoms with Gasteiger partial charge < -0.3 is 21.5 Å². The number of hydrogen-bond donors (Lipinski definition) is 4. The summed E-state index contributed by atoms with van der Waals surface area (Å²) < 4.78 is 26.4. The molecule has 0 saturated carbocycles. The predicted molar refractivity (Wildman–Crippen MR) is 75.0 cm³/mol. The van der Waals surface area contributed by atoms with Gasteiger partial charge in [0.25, 0.3) is 0 Å². The minimum Gasteiger partial charge on any atom is -0.503 e. The number of aromatic hydroxyl groups is 1. The molecule has 0 atom stereocenters. The van der Waals surface area contributed by atoms with Crippen LogP contribution in [-0.4, -0.2) is 11.1 Å². The summed E-state index contributed by atoms with van der Waals surface area (Å²) in [5.41, 5.74) is 6.47. The Bertz CT molecular complexity index is 654. The number of halogens is 2. The Morgan fingerprint density at radius 3 is 2.38 bits per heavy atom. The van der Waals surface area contributed by atoms with Crippen LogP contribution >= 0.6 is 0 Å². The number of nitrogens with one attached hydrogen (secondary N) is 2. The Labute approximate surface area is 119 Å². The molecule has 0 aliphatic rings. The van der Waals surface area contributed by atoms with Gasteiger partial charge in [0.1, 0.15) is 0 Å². The van der Waals surface area contributed by atoms with E-state index in [4.69, 9.17) is 10.8 Å². The second-order valence-electron chi connectivity index (χ2n) is 4.33. The van der Waals surface area contributed by atoms with E-state index in [0.29, 0.717) is 16.9 Å². The molecule has 0 bridgehead atoms. The summed E-state index contributed by atoms with van der Waals surface area (Å²) in [5.74, 6) is -3.03. The molecular formula is C14H13F2N3O2. The van der Waals surface area contributed by atoms with Crippen molar-refractivity contribution in [3.8, 4) is 5.75 Å². The minimum absolute atomic E-state index is 0.147. The topological polar surface area (TPSA) is 87.4 Å². The van der Waals surface area contributed by atoms with E-state index in [2.05, 4.69) is 10.6 Å². The van der Waals surface area contributed by atoms with Gasteiger partial charge in [0, 0.05) is 17.9 Å². The summed E-state index contributed by atoms with van der Waals surface area (Å²) in [6.07, 6.45) is 0. The van der Waals surface area contributed by atoms with Crippen molar-refractivity contribution in [2.24, 2.45) is 5.73 Å². The van der Waals surface area contributed by atoms with Crippen LogP contribution in [0.15, 0.2) is 36.4 Å². The highest BCUT2D eigenvalue weighted by atomic mass is 19.1. The molecule has 5 N–H and O–H groups in total. The van der Waals surface area contributed by atoms with Crippen LogP contribution in [-0.2, 0) is 6.54 Å². The number of anilines is 2. The largest absolute Gasteiger partial charge is 0.503 e. The van der Waals surface area contributed by atoms with Crippen molar-refractivity contribution in [2.45, 2.75) is 6.54 Å². The highest BCUT2D eigenvalue weighted by Crippen LogP contribution is 2.22. The summed E-state index contributed by atoms with van der Waals surface area (Å²) in [6, 6.07) is 8.07. The van der Waals surface area contributed by atoms with Crippen LogP contribution < -0.4 is 16.4 Å². The fourth-order valence-corrected chi connectivity index (χ4v) is 1.77. The molecular weight excluding hydrogens is 280 g/mol. The normalized spacial score (nSPS) is 10.2. The van der Waals surface area contributed by atoms with Gasteiger partial charge in [0.2, 0.25) is 0 Å². The molecule has 21 heavy (non-hydrogen) atoms. The van der Waals surface area contributed by atoms with E-state index in [1.807, 2.05) is 0 Å². The molecule has 0 heterocycles. The highest BCUT2D eigenvalue weighted by Gasteiger charge is 2.09. The quantitative estimate of drug-likeness (QED) is 0.699. The van der Waals surface area contributed by atoms with E-state index in [1.54, 1.807) is 24.3 Å². The Balaban J connectivity index is 2.08. The Morgan fingerprint density at radius 2 is 1.76 bits per heavy atom. The molecule has 0 aromatic heterocycles. The molecule has 2 aromatic rings. The minimum atomic E-state index is -1.02. The van der Waals surface area contributed by atoms with E-state index in [-0.39, 0.29) is 6.54 Å². The summed E-state index contributed by atoms with van der Waals surface area (Å²) in [7, 11) is 0. The van der Waals surface area contributed by atoms with Crippen molar-refractivity contribution >= 4 is 17.4 Å². The van der Waals surface area contributed by atoms with Gasteiger partial charge >= 0.3 is 6.03 Å². The van der Waals surface area contributed by atoms with Gasteiger partial charge in [-0.05, 0) is 35.9 Å². The van der Waals surface area contributed by atoms with E-state index >= 15 is 0 Å². The lowest BCUT2D eigenvalue weighted by atomic mass is 10.2. The lowest BCUT2D eigenvalue weighted by Crippen LogP contribution is -2.19. The first kappa shape index (κ1) is 14.6. The van der Waals surface area contributed by atoms with Gasteiger partial charge in [0.05, 0.1) is 0 Å². The number of urea groups is 1. The molecule has 0 aliphatic carbocycles. The standard InChI is InChI=1S/C14H13F2N3O2/c15-11-4-8(5-12(16)13(11)20)7-18-9-2-1-3-10(6-9)19-14(17)21/h1-6,18,20H,7H2,(H3,17,19,21). The van der Waals surface area contributed by atoms with Crippen LogP contribution in [0.3, 0.4) is 0 Å². The van der Waals surface area contributed by atoms with Crippen LogP contribution in [0.1, 0.15) is 5.56 Å². The third kappa shape index (κ3) is 3.82. The van der Waals surface area contributed by atoms with Crippen molar-refractivity contribution < 1.29 is 18.7 Å². The van der Waals surface area contributed by atoms with Crippen LogP contribution in [0.5, 0.6) is 5.75 Å². The molecule has 0 fully saturated rings. The fraction of sp³-hybridized carbons (Fsp3) is 0.0714. The smallest absolute Gasteiger partial charge is 0.316 e. The lowest BCUT2D eigenvalue weighted by Gasteiger charge is -2.09. The van der Waals surface area contributed by atoms with Crippen LogP contribution in [0.4, 0.5) is 25.0 Å². The monoisotopic (exact) mass is 293 g/mol. The fourth-order valence-electron chi connectivity index (χ4n) is 1.77. The second-order valence-corrected chi connectivity index (χ2v) is 4.33. The van der Waals surface area contributed by atoms with E-state index in [1.165, 1.54) is 0 Å². The number of carbonyl (C=O) groups is 1. The number of phenolic OH excluding ortho intramolecular Hbond substituents is 1. The van der Waals surface area contributed by atoms with Crippen molar-refractivity contribution in [1.82, 2.24) is 0 Å². The summed E-state index contributed by atoms with van der Waals surface area (Å²) in [6.45, 7) is 0.147. The van der Waals surface area contributed by atoms with Crippen LogP contribution in [0, 0.1) is 11.6 Å². The van der Waals surface area contributed by atoms with Gasteiger partial charge in [-0.3, -0.25) is 0 Å². The summed E-state index contributed by atoms with van der Waals surface area (Å²) >= 11 is 0. The molecule has 2 rings (SSSR count). The van der Waals surface area contributed by atoms with Gasteiger partial charge in [-0.15, -0.1) is 0 Å². The zero-order valence-electron chi connectivity index (χ0n) is 10.9. The number of primary amides is 1. The van der Waals surface area contributed by atoms with Gasteiger partial charge in [0.15, 0.2) is 17.4 Å². The molecule has 0 saturated heterocycles. The average molecular weight is 293 g/mol. The van der Waals surface area contributed by atoms with Crippen molar-refractivity contribution in [3.05, 3.63) is 53.6 Å². The predicted octanol–water partition coefficient (Wildman–Crippen LogP) is 2.77. The van der Waals surface area contributed by atoms with E-state index < -0.39 is 23.4 Å². The van der Waals surface area contributed by atoms with E-state index in [0.717, 1.165) is 12.1 Å². The molecule has 110 valence electrons. The molecule has 2 amide bonds. The second kappa shape index (κ2) is 6.08. The number of carbonyl (C=O) groups excluding carboxylic acids is 1. The molecule has 0 aliphatic heterocycles. The first-order valence-corrected chi connectivity index (χ1v) is 6.03. The number of amides is 2. The molecule has 7 heteroatoms. The van der Waals surface area contributed by atoms with Gasteiger partial charge in [-0.25, -0.2) is 13.6 Å². The Morgan fingerprint density at radius 1 is 1.14 bits per heavy atom. The summed E-state index contributed by atoms with van der Waals surface area (Å²) in [5, 5.41) is 14.4. The maximum absolute atomic E-state index is 13.2. The average Bonchev–Trinajstić information content (AvgIpc) is 2.42. The van der Waals surface area contributed by atoms with Crippen molar-refractivity contribution in [3.63, 3.8) is 0 Å². The number of nitrogens with two attached hydrogens (primary N) is 1. The molecule has 5 nitrogen and oxygen atoms in total. The molecule has 0 radical (unpaired) electrons. The summed E-state index contributed by atoms with van der Waals surface area (Å²) in [4.78, 5) is 10.7. The van der Waals surface area contributed by atoms with Gasteiger partial charge in [-0.2, -0.15) is 0 Å². The zero-order chi connectivity index (χ0) is 15.4. The zero-order valence-corrected chi connectivity index (χ0v) is 10.9. The SMILES string of the molecule is NC(=O)Nc1cccc(NCc2cc(F)c(O)c(F)c2)c1. The number of benzene rings is 2. The maximum Gasteiger partial charge on any atom is 0.316 e. The molecule has 0 spiro atoms. The maximum atomic E-state index is 13.2. The van der Waals surface area contributed by atoms with Crippen LogP contribution in [0.25, 0.3) is 0 Å². The van der Waals surface area contributed by atoms with Crippen molar-refractivity contribution in [2.75, 3.05) is 10.6 Å². The van der Waals surface area contributed by atoms with E-state index in [9.17, 15) is 13.6 Å². The number of hydrogen-bond acceptors (Lipinski definition) is 3. The van der Waals surface area contributed by atoms with Gasteiger partial charge in [-0.1, -0.05) is 6.07 Å². The highest BCUT2D eigenvalue weighted by molar-refractivity contribution is 5.88. The number of rotatable bonds is 4. The first-order valence-electron chi connectivity index (χ1n) is 6.03. The van der Waals surface area contributed by atoms with Crippen molar-refractivity contribution in [1.29, 1.82) is 0 Å².